The number of hydrogen-bond acceptors (Lipinski definition) is 1. The van der Waals surface area contributed by atoms with Gasteiger partial charge in [-0.25, -0.2) is 0 Å². The van der Waals surface area contributed by atoms with Crippen LogP contribution in [0.4, 0.5) is 0 Å². The first-order valence-corrected chi connectivity index (χ1v) is 6.98. The zero-order valence-corrected chi connectivity index (χ0v) is 11.9. The summed E-state index contributed by atoms with van der Waals surface area (Å²) in [5.41, 5.74) is 5.24. The average Bonchev–Trinajstić information content (AvgIpc) is 2.60. The molecule has 0 saturated heterocycles. The third-order valence-corrected chi connectivity index (χ3v) is 3.51. The van der Waals surface area contributed by atoms with E-state index >= 15 is 0 Å². The molecule has 1 heteroatoms. The van der Waals surface area contributed by atoms with E-state index in [2.05, 4.69) is 12.1 Å². The minimum atomic E-state index is 0.186. The van der Waals surface area contributed by atoms with Crippen LogP contribution in [0.1, 0.15) is 46.5 Å². The van der Waals surface area contributed by atoms with E-state index in [0.29, 0.717) is 0 Å². The highest BCUT2D eigenvalue weighted by Gasteiger charge is 2.21. The van der Waals surface area contributed by atoms with Crippen LogP contribution in [-0.4, -0.2) is 5.78 Å². The molecule has 1 aliphatic rings. The van der Waals surface area contributed by atoms with Crippen LogP contribution in [0.2, 0.25) is 0 Å². The fraction of sp³-hybridized carbons (Fsp3) is 0.278. The molecule has 2 aromatic rings. The monoisotopic (exact) mass is 252 g/mol. The maximum atomic E-state index is 12.5. The summed E-state index contributed by atoms with van der Waals surface area (Å²) in [6, 6.07) is 14.1. The highest BCUT2D eigenvalue weighted by Crippen LogP contribution is 2.26. The van der Waals surface area contributed by atoms with Gasteiger partial charge in [0.2, 0.25) is 0 Å². The van der Waals surface area contributed by atoms with Gasteiger partial charge in [-0.3, -0.25) is 4.79 Å². The predicted octanol–water partition coefficient (Wildman–Crippen LogP) is 4.35. The van der Waals surface area contributed by atoms with Crippen LogP contribution in [0.15, 0.2) is 42.5 Å². The van der Waals surface area contributed by atoms with Crippen LogP contribution < -0.4 is 0 Å². The normalized spacial score (nSPS) is 12.7. The Morgan fingerprint density at radius 2 is 1.47 bits per heavy atom. The quantitative estimate of drug-likeness (QED) is 0.681. The van der Waals surface area contributed by atoms with Crippen molar-refractivity contribution in [2.45, 2.75) is 33.6 Å². The highest BCUT2D eigenvalue weighted by molar-refractivity contribution is 6.12. The predicted molar refractivity (Wildman–Crippen MR) is 79.8 cm³/mol. The molecule has 0 amide bonds. The van der Waals surface area contributed by atoms with E-state index < -0.39 is 0 Å². The first kappa shape index (κ1) is 13.5. The molecule has 0 spiro atoms. The molecule has 1 aliphatic carbocycles. The number of fused-ring (bicyclic) bond motifs is 2. The zero-order valence-electron chi connectivity index (χ0n) is 11.9. The van der Waals surface area contributed by atoms with Crippen molar-refractivity contribution in [3.8, 4) is 0 Å². The van der Waals surface area contributed by atoms with Gasteiger partial charge in [0, 0.05) is 11.1 Å². The van der Waals surface area contributed by atoms with Crippen molar-refractivity contribution in [1.82, 2.24) is 0 Å². The number of aryl methyl sites for hydroxylation is 3. The lowest BCUT2D eigenvalue weighted by atomic mass is 9.95. The Labute approximate surface area is 115 Å². The molecule has 2 aromatic carbocycles. The Hall–Kier alpha value is -1.89. The van der Waals surface area contributed by atoms with E-state index in [1.807, 2.05) is 51.1 Å². The maximum absolute atomic E-state index is 12.5. The van der Waals surface area contributed by atoms with E-state index in [4.69, 9.17) is 0 Å². The third-order valence-electron chi connectivity index (χ3n) is 3.51. The standard InChI is InChI=1S/C16H14O.C2H6/c1-11-5-4-7-13-10-9-12-6-2-3-8-14(12)16(17)15(11)13;1-2/h2-8H,9-10H2,1H3;1-2H3. The largest absolute Gasteiger partial charge is 0.289 e. The van der Waals surface area contributed by atoms with E-state index in [9.17, 15) is 4.79 Å². The summed E-state index contributed by atoms with van der Waals surface area (Å²) in [5, 5.41) is 0. The fourth-order valence-electron chi connectivity index (χ4n) is 2.63. The Balaban J connectivity index is 0.000000637. The van der Waals surface area contributed by atoms with Crippen molar-refractivity contribution in [1.29, 1.82) is 0 Å². The second kappa shape index (κ2) is 5.83. The zero-order chi connectivity index (χ0) is 13.8. The lowest BCUT2D eigenvalue weighted by Crippen LogP contribution is -2.06. The minimum absolute atomic E-state index is 0.186. The number of ketones is 1. The van der Waals surface area contributed by atoms with E-state index in [1.165, 1.54) is 11.1 Å². The van der Waals surface area contributed by atoms with Crippen molar-refractivity contribution < 1.29 is 4.79 Å². The smallest absolute Gasteiger partial charge is 0.193 e. The summed E-state index contributed by atoms with van der Waals surface area (Å²) in [6.45, 7) is 6.02. The first-order chi connectivity index (χ1) is 9.27. The van der Waals surface area contributed by atoms with Crippen LogP contribution in [0.3, 0.4) is 0 Å². The van der Waals surface area contributed by atoms with Crippen molar-refractivity contribution in [2.24, 2.45) is 0 Å². The molecular weight excluding hydrogens is 232 g/mol. The highest BCUT2D eigenvalue weighted by atomic mass is 16.1. The van der Waals surface area contributed by atoms with Crippen molar-refractivity contribution in [2.75, 3.05) is 0 Å². The molecule has 98 valence electrons. The number of carbonyl (C=O) groups is 1. The van der Waals surface area contributed by atoms with Gasteiger partial charge in [0.05, 0.1) is 0 Å². The Morgan fingerprint density at radius 3 is 2.26 bits per heavy atom. The molecular formula is C18H20O. The van der Waals surface area contributed by atoms with Crippen molar-refractivity contribution in [3.63, 3.8) is 0 Å². The number of carbonyl (C=O) groups excluding carboxylic acids is 1. The van der Waals surface area contributed by atoms with E-state index in [-0.39, 0.29) is 5.78 Å². The molecule has 19 heavy (non-hydrogen) atoms. The Bertz CT molecular complexity index is 596. The summed E-state index contributed by atoms with van der Waals surface area (Å²) in [4.78, 5) is 12.5. The Morgan fingerprint density at radius 1 is 0.842 bits per heavy atom. The minimum Gasteiger partial charge on any atom is -0.289 e. The molecule has 0 radical (unpaired) electrons. The van der Waals surface area contributed by atoms with Crippen LogP contribution in [0, 0.1) is 6.92 Å². The van der Waals surface area contributed by atoms with E-state index in [0.717, 1.165) is 29.5 Å². The molecule has 0 bridgehead atoms. The molecule has 0 atom stereocenters. The Kier molecular flexibility index (Phi) is 4.16. The summed E-state index contributed by atoms with van der Waals surface area (Å²) < 4.78 is 0. The van der Waals surface area contributed by atoms with Gasteiger partial charge in [-0.1, -0.05) is 56.3 Å². The van der Waals surface area contributed by atoms with Gasteiger partial charge in [0.15, 0.2) is 5.78 Å². The maximum Gasteiger partial charge on any atom is 0.193 e. The molecule has 0 aliphatic heterocycles. The average molecular weight is 252 g/mol. The summed E-state index contributed by atoms with van der Waals surface area (Å²) >= 11 is 0. The van der Waals surface area contributed by atoms with Gasteiger partial charge in [-0.05, 0) is 36.5 Å². The van der Waals surface area contributed by atoms with Gasteiger partial charge in [-0.2, -0.15) is 0 Å². The van der Waals surface area contributed by atoms with Gasteiger partial charge in [-0.15, -0.1) is 0 Å². The second-order valence-corrected chi connectivity index (χ2v) is 4.60. The molecule has 0 saturated carbocycles. The molecule has 0 heterocycles. The molecule has 0 aromatic heterocycles. The van der Waals surface area contributed by atoms with Gasteiger partial charge in [0.1, 0.15) is 0 Å². The lowest BCUT2D eigenvalue weighted by molar-refractivity contribution is 0.103. The van der Waals surface area contributed by atoms with Gasteiger partial charge in [0.25, 0.3) is 0 Å². The first-order valence-electron chi connectivity index (χ1n) is 6.98. The van der Waals surface area contributed by atoms with E-state index in [1.54, 1.807) is 0 Å². The lowest BCUT2D eigenvalue weighted by Gasteiger charge is -2.08. The molecule has 3 rings (SSSR count). The summed E-state index contributed by atoms with van der Waals surface area (Å²) in [7, 11) is 0. The van der Waals surface area contributed by atoms with Gasteiger partial charge < -0.3 is 0 Å². The number of hydrogen-bond donors (Lipinski definition) is 0. The van der Waals surface area contributed by atoms with Crippen molar-refractivity contribution in [3.05, 3.63) is 70.3 Å². The number of rotatable bonds is 0. The summed E-state index contributed by atoms with van der Waals surface area (Å²) in [6.07, 6.45) is 1.91. The van der Waals surface area contributed by atoms with Gasteiger partial charge >= 0.3 is 0 Å². The SMILES string of the molecule is CC.Cc1cccc2c1C(=O)c1ccccc1CC2. The van der Waals surface area contributed by atoms with Crippen LogP contribution in [-0.2, 0) is 12.8 Å². The topological polar surface area (TPSA) is 17.1 Å². The molecule has 0 unspecified atom stereocenters. The third kappa shape index (κ3) is 2.46. The number of benzene rings is 2. The molecule has 1 nitrogen and oxygen atoms in total. The summed E-state index contributed by atoms with van der Waals surface area (Å²) in [5.74, 6) is 0.186. The fourth-order valence-corrected chi connectivity index (χ4v) is 2.63. The van der Waals surface area contributed by atoms with Crippen LogP contribution in [0.5, 0.6) is 0 Å². The van der Waals surface area contributed by atoms with Crippen molar-refractivity contribution >= 4 is 5.78 Å². The second-order valence-electron chi connectivity index (χ2n) is 4.60. The van der Waals surface area contributed by atoms with Crippen LogP contribution >= 0.6 is 0 Å². The van der Waals surface area contributed by atoms with Crippen LogP contribution in [0.25, 0.3) is 0 Å². The molecule has 0 fully saturated rings. The molecule has 0 N–H and O–H groups in total.